The van der Waals surface area contributed by atoms with Crippen LogP contribution in [0.2, 0.25) is 10.0 Å². The number of hydrogen-bond donors (Lipinski definition) is 1. The average Bonchev–Trinajstić information content (AvgIpc) is 2.56. The molecule has 0 bridgehead atoms. The Kier molecular flexibility index (Phi) is 7.68. The van der Waals surface area contributed by atoms with Crippen molar-refractivity contribution in [2.75, 3.05) is 45.0 Å². The molecule has 0 aromatic heterocycles. The summed E-state index contributed by atoms with van der Waals surface area (Å²) >= 11 is 13.5. The Morgan fingerprint density at radius 1 is 1.21 bits per heavy atom. The summed E-state index contributed by atoms with van der Waals surface area (Å²) < 4.78 is 0. The van der Waals surface area contributed by atoms with Crippen molar-refractivity contribution >= 4 is 46.8 Å². The number of nitrogens with one attached hydrogen (secondary N) is 1. The van der Waals surface area contributed by atoms with Gasteiger partial charge in [-0.3, -0.25) is 14.5 Å². The van der Waals surface area contributed by atoms with Gasteiger partial charge in [0.05, 0.1) is 17.3 Å². The van der Waals surface area contributed by atoms with Gasteiger partial charge in [-0.2, -0.15) is 0 Å². The van der Waals surface area contributed by atoms with Crippen LogP contribution in [-0.4, -0.2) is 66.6 Å². The zero-order valence-corrected chi connectivity index (χ0v) is 15.9. The monoisotopic (exact) mass is 389 g/mol. The molecule has 0 aliphatic carbocycles. The number of carbonyl (C=O) groups excluding carboxylic acids is 2. The van der Waals surface area contributed by atoms with Gasteiger partial charge in [-0.15, -0.1) is 11.8 Å². The summed E-state index contributed by atoms with van der Waals surface area (Å²) in [6.07, 6.45) is 0. The van der Waals surface area contributed by atoms with Gasteiger partial charge in [0.1, 0.15) is 0 Å². The third kappa shape index (κ3) is 5.84. The fourth-order valence-corrected chi connectivity index (χ4v) is 3.83. The molecule has 24 heavy (non-hydrogen) atoms. The minimum absolute atomic E-state index is 0.0310. The normalized spacial score (nSPS) is 15.4. The summed E-state index contributed by atoms with van der Waals surface area (Å²) in [7, 11) is 0. The van der Waals surface area contributed by atoms with Crippen LogP contribution in [0.15, 0.2) is 23.1 Å². The van der Waals surface area contributed by atoms with Crippen LogP contribution in [0.25, 0.3) is 0 Å². The van der Waals surface area contributed by atoms with Crippen molar-refractivity contribution in [1.82, 2.24) is 15.1 Å². The lowest BCUT2D eigenvalue weighted by molar-refractivity contribution is -0.130. The molecule has 5 nitrogen and oxygen atoms in total. The third-order valence-electron chi connectivity index (χ3n) is 3.71. The van der Waals surface area contributed by atoms with Crippen LogP contribution in [0.5, 0.6) is 0 Å². The molecule has 1 heterocycles. The summed E-state index contributed by atoms with van der Waals surface area (Å²) in [6, 6.07) is 5.23. The number of amides is 2. The lowest BCUT2D eigenvalue weighted by Crippen LogP contribution is -2.51. The molecule has 1 saturated heterocycles. The van der Waals surface area contributed by atoms with Crippen molar-refractivity contribution in [1.29, 1.82) is 0 Å². The summed E-state index contributed by atoms with van der Waals surface area (Å²) in [6.45, 7) is 5.64. The van der Waals surface area contributed by atoms with Gasteiger partial charge in [-0.1, -0.05) is 23.2 Å². The SMILES string of the molecule is CCNC(=O)CN1CCN(C(=O)CSc2cc(Cl)ccc2Cl)CC1. The van der Waals surface area contributed by atoms with Crippen molar-refractivity contribution in [3.8, 4) is 0 Å². The Labute approximate surface area is 156 Å². The summed E-state index contributed by atoms with van der Waals surface area (Å²) in [5.41, 5.74) is 0. The smallest absolute Gasteiger partial charge is 0.234 e. The molecule has 1 aromatic carbocycles. The van der Waals surface area contributed by atoms with E-state index in [0.29, 0.717) is 55.1 Å². The Hall–Kier alpha value is -0.950. The Morgan fingerprint density at radius 3 is 2.58 bits per heavy atom. The van der Waals surface area contributed by atoms with E-state index in [4.69, 9.17) is 23.2 Å². The van der Waals surface area contributed by atoms with Crippen molar-refractivity contribution < 1.29 is 9.59 Å². The Morgan fingerprint density at radius 2 is 1.92 bits per heavy atom. The van der Waals surface area contributed by atoms with Gasteiger partial charge in [-0.05, 0) is 25.1 Å². The fraction of sp³-hybridized carbons (Fsp3) is 0.500. The quantitative estimate of drug-likeness (QED) is 0.758. The fourth-order valence-electron chi connectivity index (χ4n) is 2.43. The molecule has 0 radical (unpaired) electrons. The van der Waals surface area contributed by atoms with Crippen LogP contribution in [0.1, 0.15) is 6.92 Å². The van der Waals surface area contributed by atoms with Crippen LogP contribution >= 0.6 is 35.0 Å². The van der Waals surface area contributed by atoms with Gasteiger partial charge in [-0.25, -0.2) is 0 Å². The number of thioether (sulfide) groups is 1. The second-order valence-corrected chi connectivity index (χ2v) is 7.33. The van der Waals surface area contributed by atoms with Crippen LogP contribution in [0.4, 0.5) is 0 Å². The van der Waals surface area contributed by atoms with Crippen molar-refractivity contribution in [2.45, 2.75) is 11.8 Å². The van der Waals surface area contributed by atoms with E-state index >= 15 is 0 Å². The first kappa shape index (κ1) is 19.4. The molecule has 0 spiro atoms. The number of piperazine rings is 1. The molecule has 0 saturated carbocycles. The van der Waals surface area contributed by atoms with E-state index in [1.165, 1.54) is 11.8 Å². The number of carbonyl (C=O) groups is 2. The maximum Gasteiger partial charge on any atom is 0.234 e. The maximum atomic E-state index is 12.3. The van der Waals surface area contributed by atoms with Crippen LogP contribution < -0.4 is 5.32 Å². The second-order valence-electron chi connectivity index (χ2n) is 5.47. The van der Waals surface area contributed by atoms with Gasteiger partial charge >= 0.3 is 0 Å². The molecule has 1 aliphatic heterocycles. The molecule has 1 aromatic rings. The molecule has 2 amide bonds. The minimum atomic E-state index is 0.0310. The molecule has 8 heteroatoms. The molecular weight excluding hydrogens is 369 g/mol. The summed E-state index contributed by atoms with van der Waals surface area (Å²) in [5.74, 6) is 0.438. The number of rotatable bonds is 6. The molecule has 0 unspecified atom stereocenters. The van der Waals surface area contributed by atoms with Gasteiger partial charge in [0, 0.05) is 42.6 Å². The van der Waals surface area contributed by atoms with E-state index in [1.807, 2.05) is 11.8 Å². The number of likely N-dealkylation sites (N-methyl/N-ethyl adjacent to an activating group) is 1. The van der Waals surface area contributed by atoms with Gasteiger partial charge in [0.25, 0.3) is 0 Å². The summed E-state index contributed by atoms with van der Waals surface area (Å²) in [5, 5.41) is 3.99. The Balaban J connectivity index is 1.76. The molecule has 1 fully saturated rings. The first-order valence-electron chi connectivity index (χ1n) is 7.84. The highest BCUT2D eigenvalue weighted by Gasteiger charge is 2.22. The first-order chi connectivity index (χ1) is 11.5. The maximum absolute atomic E-state index is 12.3. The molecule has 1 N–H and O–H groups in total. The molecule has 1 aliphatic rings. The van der Waals surface area contributed by atoms with E-state index in [0.717, 1.165) is 4.90 Å². The molecule has 132 valence electrons. The van der Waals surface area contributed by atoms with Crippen molar-refractivity contribution in [3.63, 3.8) is 0 Å². The van der Waals surface area contributed by atoms with Gasteiger partial charge < -0.3 is 10.2 Å². The number of hydrogen-bond acceptors (Lipinski definition) is 4. The lowest BCUT2D eigenvalue weighted by atomic mass is 10.3. The highest BCUT2D eigenvalue weighted by Crippen LogP contribution is 2.30. The molecule has 2 rings (SSSR count). The first-order valence-corrected chi connectivity index (χ1v) is 9.58. The summed E-state index contributed by atoms with van der Waals surface area (Å²) in [4.78, 5) is 28.6. The minimum Gasteiger partial charge on any atom is -0.355 e. The zero-order chi connectivity index (χ0) is 17.5. The number of nitrogens with zero attached hydrogens (tertiary/aromatic N) is 2. The standard InChI is InChI=1S/C16H21Cl2N3O2S/c1-2-19-15(22)10-20-5-7-21(8-6-20)16(23)11-24-14-9-12(17)3-4-13(14)18/h3-4,9H,2,5-8,10-11H2,1H3,(H,19,22). The zero-order valence-electron chi connectivity index (χ0n) is 13.6. The third-order valence-corrected chi connectivity index (χ3v) is 5.43. The van der Waals surface area contributed by atoms with E-state index in [2.05, 4.69) is 10.2 Å². The van der Waals surface area contributed by atoms with Gasteiger partial charge in [0.2, 0.25) is 11.8 Å². The molecule has 0 atom stereocenters. The van der Waals surface area contributed by atoms with E-state index in [9.17, 15) is 9.59 Å². The number of halogens is 2. The molecular formula is C16H21Cl2N3O2S. The predicted octanol–water partition coefficient (Wildman–Crippen LogP) is 2.37. The van der Waals surface area contributed by atoms with E-state index in [-0.39, 0.29) is 11.8 Å². The van der Waals surface area contributed by atoms with E-state index < -0.39 is 0 Å². The topological polar surface area (TPSA) is 52.7 Å². The highest BCUT2D eigenvalue weighted by atomic mass is 35.5. The average molecular weight is 390 g/mol. The van der Waals surface area contributed by atoms with Crippen molar-refractivity contribution in [2.24, 2.45) is 0 Å². The predicted molar refractivity (Wildman–Crippen MR) is 98.9 cm³/mol. The van der Waals surface area contributed by atoms with Crippen LogP contribution in [-0.2, 0) is 9.59 Å². The Bertz CT molecular complexity index is 593. The highest BCUT2D eigenvalue weighted by molar-refractivity contribution is 8.00. The van der Waals surface area contributed by atoms with Crippen molar-refractivity contribution in [3.05, 3.63) is 28.2 Å². The van der Waals surface area contributed by atoms with Crippen LogP contribution in [0, 0.1) is 0 Å². The largest absolute Gasteiger partial charge is 0.355 e. The second kappa shape index (κ2) is 9.51. The van der Waals surface area contributed by atoms with Gasteiger partial charge in [0.15, 0.2) is 0 Å². The van der Waals surface area contributed by atoms with Crippen LogP contribution in [0.3, 0.4) is 0 Å². The lowest BCUT2D eigenvalue weighted by Gasteiger charge is -2.34. The van der Waals surface area contributed by atoms with E-state index in [1.54, 1.807) is 18.2 Å². The number of benzene rings is 1.